The van der Waals surface area contributed by atoms with Crippen molar-refractivity contribution in [1.82, 2.24) is 28.7 Å². The molecule has 248 valence electrons. The van der Waals surface area contributed by atoms with Crippen LogP contribution in [0.4, 0.5) is 0 Å². The normalized spacial score (nSPS) is 11.4. The SMILES string of the molecule is c1ccc(-c2cccc(-c3nc(-c4ccccc4)nc(-c4ccc(-c5ccc(-c6nc7ccccc7c7c6ccc6nsnc67)cc5)cc4)n3)c2)cc1. The zero-order valence-corrected chi connectivity index (χ0v) is 29.1. The maximum atomic E-state index is 5.13. The minimum Gasteiger partial charge on any atom is -0.247 e. The largest absolute Gasteiger partial charge is 0.247 e. The van der Waals surface area contributed by atoms with E-state index in [9.17, 15) is 0 Å². The molecule has 7 aromatic carbocycles. The number of para-hydroxylation sites is 1. The van der Waals surface area contributed by atoms with Crippen LogP contribution in [0.15, 0.2) is 170 Å². The van der Waals surface area contributed by atoms with Crippen LogP contribution in [0.25, 0.3) is 100 Å². The molecular weight excluding hydrogens is 669 g/mol. The number of benzene rings is 7. The van der Waals surface area contributed by atoms with Gasteiger partial charge < -0.3 is 0 Å². The van der Waals surface area contributed by atoms with Gasteiger partial charge in [0.2, 0.25) is 0 Å². The second-order valence-corrected chi connectivity index (χ2v) is 13.4. The van der Waals surface area contributed by atoms with Gasteiger partial charge in [-0.2, -0.15) is 8.75 Å². The predicted molar refractivity (Wildman–Crippen MR) is 216 cm³/mol. The summed E-state index contributed by atoms with van der Waals surface area (Å²) in [5, 5.41) is 3.25. The Hall–Kier alpha value is -6.96. The van der Waals surface area contributed by atoms with Gasteiger partial charge in [-0.1, -0.05) is 146 Å². The molecule has 0 saturated heterocycles. The van der Waals surface area contributed by atoms with E-state index in [1.807, 2.05) is 48.5 Å². The van der Waals surface area contributed by atoms with E-state index in [1.165, 1.54) is 11.7 Å². The van der Waals surface area contributed by atoms with Crippen LogP contribution < -0.4 is 0 Å². The molecule has 3 aromatic heterocycles. The Labute approximate surface area is 309 Å². The Balaban J connectivity index is 1.00. The van der Waals surface area contributed by atoms with Gasteiger partial charge in [0, 0.05) is 38.4 Å². The van der Waals surface area contributed by atoms with Crippen LogP contribution in [0.5, 0.6) is 0 Å². The summed E-state index contributed by atoms with van der Waals surface area (Å²) in [7, 11) is 0. The van der Waals surface area contributed by atoms with Gasteiger partial charge in [-0.05, 0) is 46.5 Å². The average Bonchev–Trinajstić information content (AvgIpc) is 3.74. The fourth-order valence-corrected chi connectivity index (χ4v) is 7.50. The molecule has 0 saturated carbocycles. The van der Waals surface area contributed by atoms with Crippen LogP contribution in [0.1, 0.15) is 0 Å². The van der Waals surface area contributed by atoms with Crippen LogP contribution in [0, 0.1) is 0 Å². The van der Waals surface area contributed by atoms with Crippen molar-refractivity contribution in [3.8, 4) is 67.7 Å². The molecule has 0 spiro atoms. The smallest absolute Gasteiger partial charge is 0.164 e. The number of hydrogen-bond acceptors (Lipinski definition) is 7. The number of pyridine rings is 1. The van der Waals surface area contributed by atoms with Crippen LogP contribution in [-0.2, 0) is 0 Å². The third-order valence-electron chi connectivity index (χ3n) is 9.62. The monoisotopic (exact) mass is 696 g/mol. The molecule has 0 unspecified atom stereocenters. The highest BCUT2D eigenvalue weighted by atomic mass is 32.1. The summed E-state index contributed by atoms with van der Waals surface area (Å²) in [6, 6.07) is 58.2. The van der Waals surface area contributed by atoms with E-state index in [1.54, 1.807) is 0 Å². The zero-order chi connectivity index (χ0) is 35.1. The van der Waals surface area contributed by atoms with Crippen molar-refractivity contribution in [2.24, 2.45) is 0 Å². The third kappa shape index (κ3) is 5.69. The summed E-state index contributed by atoms with van der Waals surface area (Å²) in [6.07, 6.45) is 0. The van der Waals surface area contributed by atoms with Gasteiger partial charge in [0.15, 0.2) is 17.5 Å². The first kappa shape index (κ1) is 30.8. The van der Waals surface area contributed by atoms with Crippen LogP contribution in [0.2, 0.25) is 0 Å². The first-order valence-corrected chi connectivity index (χ1v) is 18.1. The molecular formula is C46H28N6S. The van der Waals surface area contributed by atoms with Crippen LogP contribution in [0.3, 0.4) is 0 Å². The molecule has 0 N–H and O–H groups in total. The molecule has 3 heterocycles. The molecule has 0 aliphatic rings. The Bertz CT molecular complexity index is 2930. The maximum Gasteiger partial charge on any atom is 0.164 e. The Morgan fingerprint density at radius 1 is 0.321 bits per heavy atom. The van der Waals surface area contributed by atoms with Gasteiger partial charge in [-0.15, -0.1) is 0 Å². The standard InChI is InChI=1S/C46H28N6S/c1-3-10-29(11-4-1)35-14-9-15-36(28-35)46-49-44(33-12-5-2-6-13-33)48-45(50-46)34-24-20-31(21-25-34)30-18-22-32(23-19-30)42-38-26-27-40-43(52-53-51-40)41(38)37-16-7-8-17-39(37)47-42/h1-28H. The van der Waals surface area contributed by atoms with Crippen molar-refractivity contribution >= 4 is 44.4 Å². The van der Waals surface area contributed by atoms with Gasteiger partial charge in [-0.3, -0.25) is 0 Å². The molecule has 10 aromatic rings. The van der Waals surface area contributed by atoms with Gasteiger partial charge >= 0.3 is 0 Å². The second kappa shape index (κ2) is 13.0. The molecule has 0 atom stereocenters. The van der Waals surface area contributed by atoms with E-state index in [2.05, 4.69) is 130 Å². The van der Waals surface area contributed by atoms with Gasteiger partial charge in [-0.25, -0.2) is 19.9 Å². The minimum atomic E-state index is 0.625. The fourth-order valence-electron chi connectivity index (χ4n) is 6.96. The number of rotatable bonds is 6. The van der Waals surface area contributed by atoms with E-state index in [0.29, 0.717) is 17.5 Å². The highest BCUT2D eigenvalue weighted by Crippen LogP contribution is 2.37. The Morgan fingerprint density at radius 2 is 0.849 bits per heavy atom. The average molecular weight is 697 g/mol. The molecule has 0 bridgehead atoms. The summed E-state index contributed by atoms with van der Waals surface area (Å²) in [4.78, 5) is 20.0. The van der Waals surface area contributed by atoms with E-state index in [4.69, 9.17) is 19.9 Å². The van der Waals surface area contributed by atoms with Gasteiger partial charge in [0.1, 0.15) is 11.0 Å². The maximum absolute atomic E-state index is 5.13. The molecule has 53 heavy (non-hydrogen) atoms. The Kier molecular flexibility index (Phi) is 7.55. The van der Waals surface area contributed by atoms with Crippen molar-refractivity contribution in [2.45, 2.75) is 0 Å². The number of nitrogens with zero attached hydrogens (tertiary/aromatic N) is 6. The number of hydrogen-bond donors (Lipinski definition) is 0. The first-order chi connectivity index (χ1) is 26.2. The minimum absolute atomic E-state index is 0.625. The quantitative estimate of drug-likeness (QED) is 0.161. The van der Waals surface area contributed by atoms with Crippen molar-refractivity contribution in [1.29, 1.82) is 0 Å². The molecule has 0 radical (unpaired) electrons. The van der Waals surface area contributed by atoms with Crippen LogP contribution >= 0.6 is 11.7 Å². The summed E-state index contributed by atoms with van der Waals surface area (Å²) in [6.45, 7) is 0. The summed E-state index contributed by atoms with van der Waals surface area (Å²) >= 11 is 1.24. The molecule has 0 fully saturated rings. The fraction of sp³-hybridized carbons (Fsp3) is 0. The lowest BCUT2D eigenvalue weighted by Gasteiger charge is -2.11. The molecule has 10 rings (SSSR count). The van der Waals surface area contributed by atoms with Crippen molar-refractivity contribution in [3.05, 3.63) is 170 Å². The topological polar surface area (TPSA) is 77.3 Å². The second-order valence-electron chi connectivity index (χ2n) is 12.9. The molecule has 6 nitrogen and oxygen atoms in total. The van der Waals surface area contributed by atoms with Crippen molar-refractivity contribution in [3.63, 3.8) is 0 Å². The van der Waals surface area contributed by atoms with E-state index in [0.717, 1.165) is 82.9 Å². The van der Waals surface area contributed by atoms with E-state index in [-0.39, 0.29) is 0 Å². The molecule has 0 amide bonds. The van der Waals surface area contributed by atoms with Crippen molar-refractivity contribution in [2.75, 3.05) is 0 Å². The zero-order valence-electron chi connectivity index (χ0n) is 28.3. The lowest BCUT2D eigenvalue weighted by atomic mass is 9.97. The number of fused-ring (bicyclic) bond motifs is 5. The summed E-state index contributed by atoms with van der Waals surface area (Å²) in [5.41, 5.74) is 12.0. The predicted octanol–water partition coefficient (Wildman–Crippen LogP) is 11.6. The molecule has 0 aliphatic carbocycles. The summed E-state index contributed by atoms with van der Waals surface area (Å²) in [5.74, 6) is 1.89. The van der Waals surface area contributed by atoms with Crippen molar-refractivity contribution < 1.29 is 0 Å². The number of aromatic nitrogens is 6. The van der Waals surface area contributed by atoms with E-state index < -0.39 is 0 Å². The highest BCUT2D eigenvalue weighted by molar-refractivity contribution is 7.00. The van der Waals surface area contributed by atoms with Gasteiger partial charge in [0.05, 0.1) is 22.9 Å². The van der Waals surface area contributed by atoms with Crippen LogP contribution in [-0.4, -0.2) is 28.7 Å². The molecule has 7 heteroatoms. The third-order valence-corrected chi connectivity index (χ3v) is 10.2. The lowest BCUT2D eigenvalue weighted by molar-refractivity contribution is 1.07. The highest BCUT2D eigenvalue weighted by Gasteiger charge is 2.16. The Morgan fingerprint density at radius 3 is 1.57 bits per heavy atom. The van der Waals surface area contributed by atoms with E-state index >= 15 is 0 Å². The first-order valence-electron chi connectivity index (χ1n) is 17.4. The lowest BCUT2D eigenvalue weighted by Crippen LogP contribution is -2.00. The molecule has 0 aliphatic heterocycles. The van der Waals surface area contributed by atoms with Gasteiger partial charge in [0.25, 0.3) is 0 Å². The summed E-state index contributed by atoms with van der Waals surface area (Å²) < 4.78 is 9.16.